The summed E-state index contributed by atoms with van der Waals surface area (Å²) < 4.78 is 31.3. The van der Waals surface area contributed by atoms with Crippen LogP contribution in [0.15, 0.2) is 17.4 Å². The van der Waals surface area contributed by atoms with E-state index in [9.17, 15) is 13.6 Å². The zero-order valence-electron chi connectivity index (χ0n) is 14.3. The summed E-state index contributed by atoms with van der Waals surface area (Å²) in [6, 6.07) is 0. The number of imidazole rings is 1. The molecule has 0 spiro atoms. The lowest BCUT2D eigenvalue weighted by Gasteiger charge is -2.33. The van der Waals surface area contributed by atoms with E-state index in [0.29, 0.717) is 38.4 Å². The van der Waals surface area contributed by atoms with Gasteiger partial charge in [0.2, 0.25) is 0 Å². The zero-order chi connectivity index (χ0) is 17.5. The van der Waals surface area contributed by atoms with E-state index in [1.807, 2.05) is 11.8 Å². The first-order chi connectivity index (χ1) is 11.6. The third kappa shape index (κ3) is 5.79. The second-order valence-corrected chi connectivity index (χ2v) is 5.48. The lowest BCUT2D eigenvalue weighted by atomic mass is 9.97. The number of piperidine rings is 1. The SMILES string of the molecule is CCNC(=NCc1nccn1C(F)F)N1CCC(C(=O)OC)CC1.I. The van der Waals surface area contributed by atoms with Gasteiger partial charge in [0.1, 0.15) is 12.4 Å². The topological polar surface area (TPSA) is 71.8 Å². The standard InChI is InChI=1S/C15H23F2N5O2.HI/c1-3-18-15(20-10-12-19-6-9-22(12)14(16)17)21-7-4-11(5-8-21)13(23)24-2;/h6,9,11,14H,3-5,7-8,10H2,1-2H3,(H,18,20);1H. The molecule has 1 fully saturated rings. The van der Waals surface area contributed by atoms with Gasteiger partial charge in [-0.15, -0.1) is 24.0 Å². The molecule has 1 aliphatic rings. The quantitative estimate of drug-likeness (QED) is 0.309. The molecule has 1 N–H and O–H groups in total. The Hall–Kier alpha value is -1.46. The molecule has 2 heterocycles. The number of carbonyl (C=O) groups is 1. The van der Waals surface area contributed by atoms with E-state index in [4.69, 9.17) is 4.74 Å². The van der Waals surface area contributed by atoms with Gasteiger partial charge in [-0.1, -0.05) is 0 Å². The number of aromatic nitrogens is 2. The minimum Gasteiger partial charge on any atom is -0.469 e. The first-order valence-electron chi connectivity index (χ1n) is 7.97. The van der Waals surface area contributed by atoms with Crippen molar-refractivity contribution in [2.45, 2.75) is 32.9 Å². The first kappa shape index (κ1) is 21.6. The summed E-state index contributed by atoms with van der Waals surface area (Å²) in [5, 5.41) is 3.16. The number of alkyl halides is 2. The molecule has 10 heteroatoms. The fourth-order valence-corrected chi connectivity index (χ4v) is 2.71. The molecule has 0 aliphatic carbocycles. The van der Waals surface area contributed by atoms with E-state index in [0.717, 1.165) is 4.57 Å². The summed E-state index contributed by atoms with van der Waals surface area (Å²) in [6.45, 7) is 1.37. The molecule has 0 unspecified atom stereocenters. The number of esters is 1. The molecular formula is C15H24F2IN5O2. The summed E-state index contributed by atoms with van der Waals surface area (Å²) in [4.78, 5) is 21.9. The summed E-state index contributed by atoms with van der Waals surface area (Å²) in [6.07, 6.45) is 3.95. The highest BCUT2D eigenvalue weighted by molar-refractivity contribution is 14.0. The smallest absolute Gasteiger partial charge is 0.319 e. The van der Waals surface area contributed by atoms with Gasteiger partial charge in [-0.3, -0.25) is 9.36 Å². The number of hydrogen-bond acceptors (Lipinski definition) is 4. The van der Waals surface area contributed by atoms with Gasteiger partial charge in [-0.25, -0.2) is 9.98 Å². The number of halogens is 3. The van der Waals surface area contributed by atoms with E-state index in [1.54, 1.807) is 0 Å². The van der Waals surface area contributed by atoms with Crippen LogP contribution in [-0.4, -0.2) is 53.1 Å². The molecule has 0 aromatic carbocycles. The molecule has 1 aromatic rings. The molecule has 25 heavy (non-hydrogen) atoms. The van der Waals surface area contributed by atoms with Crippen molar-refractivity contribution in [3.8, 4) is 0 Å². The number of carbonyl (C=O) groups excluding carboxylic acids is 1. The number of rotatable bonds is 5. The Morgan fingerprint density at radius 2 is 2.16 bits per heavy atom. The van der Waals surface area contributed by atoms with Crippen molar-refractivity contribution in [2.24, 2.45) is 10.9 Å². The Morgan fingerprint density at radius 3 is 2.72 bits per heavy atom. The highest BCUT2D eigenvalue weighted by atomic mass is 127. The Labute approximate surface area is 162 Å². The lowest BCUT2D eigenvalue weighted by molar-refractivity contribution is -0.146. The van der Waals surface area contributed by atoms with Crippen molar-refractivity contribution in [1.29, 1.82) is 0 Å². The maximum atomic E-state index is 12.8. The molecule has 0 bridgehead atoms. The van der Waals surface area contributed by atoms with E-state index < -0.39 is 6.55 Å². The molecule has 0 saturated carbocycles. The van der Waals surface area contributed by atoms with Crippen molar-refractivity contribution in [1.82, 2.24) is 19.8 Å². The fourth-order valence-electron chi connectivity index (χ4n) is 2.71. The second kappa shape index (κ2) is 10.5. The summed E-state index contributed by atoms with van der Waals surface area (Å²) in [5.41, 5.74) is 0. The van der Waals surface area contributed by atoms with Crippen molar-refractivity contribution in [3.63, 3.8) is 0 Å². The van der Waals surface area contributed by atoms with E-state index in [2.05, 4.69) is 15.3 Å². The molecule has 1 aliphatic heterocycles. The van der Waals surface area contributed by atoms with Crippen molar-refractivity contribution >= 4 is 35.9 Å². The first-order valence-corrected chi connectivity index (χ1v) is 7.97. The lowest BCUT2D eigenvalue weighted by Crippen LogP contribution is -2.46. The molecule has 1 aromatic heterocycles. The van der Waals surface area contributed by atoms with E-state index in [1.165, 1.54) is 19.5 Å². The molecular weight excluding hydrogens is 447 g/mol. The number of methoxy groups -OCH3 is 1. The van der Waals surface area contributed by atoms with Crippen LogP contribution in [0.2, 0.25) is 0 Å². The Balaban J connectivity index is 0.00000312. The molecule has 0 radical (unpaired) electrons. The average Bonchev–Trinajstić information content (AvgIpc) is 3.07. The van der Waals surface area contributed by atoms with Crippen LogP contribution in [0.5, 0.6) is 0 Å². The van der Waals surface area contributed by atoms with Crippen LogP contribution >= 0.6 is 24.0 Å². The van der Waals surface area contributed by atoms with Gasteiger partial charge in [-0.05, 0) is 19.8 Å². The predicted molar refractivity (Wildman–Crippen MR) is 100 cm³/mol. The Kier molecular flexibility index (Phi) is 9.08. The van der Waals surface area contributed by atoms with Crippen molar-refractivity contribution < 1.29 is 18.3 Å². The van der Waals surface area contributed by atoms with Crippen molar-refractivity contribution in [3.05, 3.63) is 18.2 Å². The van der Waals surface area contributed by atoms with Gasteiger partial charge in [-0.2, -0.15) is 8.78 Å². The summed E-state index contributed by atoms with van der Waals surface area (Å²) >= 11 is 0. The van der Waals surface area contributed by atoms with E-state index >= 15 is 0 Å². The minimum absolute atomic E-state index is 0. The third-order valence-electron chi connectivity index (χ3n) is 3.99. The number of aliphatic imine (C=N–C) groups is 1. The molecule has 7 nitrogen and oxygen atoms in total. The second-order valence-electron chi connectivity index (χ2n) is 5.48. The Morgan fingerprint density at radius 1 is 1.48 bits per heavy atom. The fraction of sp³-hybridized carbons (Fsp3) is 0.667. The third-order valence-corrected chi connectivity index (χ3v) is 3.99. The number of hydrogen-bond donors (Lipinski definition) is 1. The van der Waals surface area contributed by atoms with Gasteiger partial charge >= 0.3 is 12.5 Å². The number of nitrogens with one attached hydrogen (secondary N) is 1. The van der Waals surface area contributed by atoms with Gasteiger partial charge in [0.15, 0.2) is 5.96 Å². The average molecular weight is 471 g/mol. The van der Waals surface area contributed by atoms with Crippen molar-refractivity contribution in [2.75, 3.05) is 26.7 Å². The molecule has 1 saturated heterocycles. The van der Waals surface area contributed by atoms with Crippen LogP contribution in [0.25, 0.3) is 0 Å². The number of nitrogens with zero attached hydrogens (tertiary/aromatic N) is 4. The van der Waals surface area contributed by atoms with Crippen LogP contribution < -0.4 is 5.32 Å². The molecule has 0 atom stereocenters. The molecule has 142 valence electrons. The van der Waals surface area contributed by atoms with Crippen LogP contribution in [-0.2, 0) is 16.1 Å². The minimum atomic E-state index is -2.63. The maximum absolute atomic E-state index is 12.8. The Bertz CT molecular complexity index is 574. The number of likely N-dealkylation sites (tertiary alicyclic amines) is 1. The van der Waals surface area contributed by atoms with Crippen LogP contribution in [0.1, 0.15) is 32.1 Å². The summed E-state index contributed by atoms with van der Waals surface area (Å²) in [7, 11) is 1.39. The predicted octanol–water partition coefficient (Wildman–Crippen LogP) is 2.25. The monoisotopic (exact) mass is 471 g/mol. The molecule has 0 amide bonds. The number of guanidine groups is 1. The number of ether oxygens (including phenoxy) is 1. The zero-order valence-corrected chi connectivity index (χ0v) is 16.7. The highest BCUT2D eigenvalue weighted by Gasteiger charge is 2.27. The summed E-state index contributed by atoms with van der Waals surface area (Å²) in [5.74, 6) is 0.580. The van der Waals surface area contributed by atoms with Crippen LogP contribution in [0.3, 0.4) is 0 Å². The van der Waals surface area contributed by atoms with Gasteiger partial charge in [0.05, 0.1) is 13.0 Å². The van der Waals surface area contributed by atoms with E-state index in [-0.39, 0.29) is 48.2 Å². The van der Waals surface area contributed by atoms with Crippen LogP contribution in [0, 0.1) is 5.92 Å². The highest BCUT2D eigenvalue weighted by Crippen LogP contribution is 2.19. The largest absolute Gasteiger partial charge is 0.469 e. The van der Waals surface area contributed by atoms with Crippen LogP contribution in [0.4, 0.5) is 8.78 Å². The van der Waals surface area contributed by atoms with Gasteiger partial charge in [0.25, 0.3) is 0 Å². The van der Waals surface area contributed by atoms with Gasteiger partial charge in [0, 0.05) is 32.0 Å². The van der Waals surface area contributed by atoms with Gasteiger partial charge < -0.3 is 15.0 Å². The normalized spacial score (nSPS) is 15.9. The maximum Gasteiger partial charge on any atom is 0.319 e. The molecule has 2 rings (SSSR count).